The van der Waals surface area contributed by atoms with E-state index in [9.17, 15) is 18.0 Å². The molecule has 0 aliphatic carbocycles. The Bertz CT molecular complexity index is 263. The van der Waals surface area contributed by atoms with E-state index in [4.69, 9.17) is 0 Å². The summed E-state index contributed by atoms with van der Waals surface area (Å²) in [5.41, 5.74) is 0. The molecule has 1 N–H and O–H groups in total. The number of likely N-dealkylation sites (tertiary alicyclic amines) is 1. The molecule has 0 aromatic carbocycles. The summed E-state index contributed by atoms with van der Waals surface area (Å²) in [5, 5.41) is 2.99. The first-order chi connectivity index (χ1) is 8.38. The second-order valence-electron chi connectivity index (χ2n) is 4.88. The maximum absolute atomic E-state index is 11.9. The van der Waals surface area contributed by atoms with Gasteiger partial charge < -0.3 is 10.2 Å². The summed E-state index contributed by atoms with van der Waals surface area (Å²) >= 11 is 0. The summed E-state index contributed by atoms with van der Waals surface area (Å²) in [7, 11) is 0. The van der Waals surface area contributed by atoms with Gasteiger partial charge in [0.15, 0.2) is 0 Å². The Kier molecular flexibility index (Phi) is 5.91. The lowest BCUT2D eigenvalue weighted by atomic mass is 10.1. The van der Waals surface area contributed by atoms with Gasteiger partial charge in [0.05, 0.1) is 6.54 Å². The van der Waals surface area contributed by atoms with Gasteiger partial charge >= 0.3 is 6.18 Å². The standard InChI is InChI=1S/C12H21F3N2O/c1-10(5-4-6-12(13,14)15)16-9-11(18)17-7-2-3-8-17/h10,16H,2-9H2,1H3. The Labute approximate surface area is 106 Å². The van der Waals surface area contributed by atoms with Crippen LogP contribution < -0.4 is 5.32 Å². The third-order valence-electron chi connectivity index (χ3n) is 3.16. The third kappa shape index (κ3) is 6.23. The lowest BCUT2D eigenvalue weighted by molar-refractivity contribution is -0.136. The molecule has 1 aliphatic heterocycles. The quantitative estimate of drug-likeness (QED) is 0.800. The first-order valence-corrected chi connectivity index (χ1v) is 6.46. The Morgan fingerprint density at radius 2 is 1.94 bits per heavy atom. The summed E-state index contributed by atoms with van der Waals surface area (Å²) < 4.78 is 35.8. The number of hydrogen-bond acceptors (Lipinski definition) is 2. The monoisotopic (exact) mass is 266 g/mol. The fourth-order valence-corrected chi connectivity index (χ4v) is 2.05. The minimum absolute atomic E-state index is 0.0511. The minimum atomic E-state index is -4.08. The molecule has 0 saturated carbocycles. The molecule has 1 atom stereocenters. The second kappa shape index (κ2) is 6.97. The van der Waals surface area contributed by atoms with Crippen molar-refractivity contribution in [2.45, 2.75) is 51.2 Å². The van der Waals surface area contributed by atoms with E-state index >= 15 is 0 Å². The molecular weight excluding hydrogens is 245 g/mol. The molecule has 0 radical (unpaired) electrons. The topological polar surface area (TPSA) is 32.3 Å². The molecule has 106 valence electrons. The SMILES string of the molecule is CC(CCCC(F)(F)F)NCC(=O)N1CCCC1. The van der Waals surface area contributed by atoms with Gasteiger partial charge in [0.25, 0.3) is 0 Å². The largest absolute Gasteiger partial charge is 0.389 e. The van der Waals surface area contributed by atoms with Gasteiger partial charge in [-0.2, -0.15) is 13.2 Å². The first kappa shape index (κ1) is 15.3. The van der Waals surface area contributed by atoms with E-state index in [1.807, 2.05) is 6.92 Å². The van der Waals surface area contributed by atoms with E-state index in [1.54, 1.807) is 4.90 Å². The zero-order chi connectivity index (χ0) is 13.6. The van der Waals surface area contributed by atoms with E-state index in [0.717, 1.165) is 25.9 Å². The van der Waals surface area contributed by atoms with Crippen LogP contribution in [0.25, 0.3) is 0 Å². The third-order valence-corrected chi connectivity index (χ3v) is 3.16. The highest BCUT2D eigenvalue weighted by Gasteiger charge is 2.26. The number of rotatable bonds is 6. The predicted molar refractivity (Wildman–Crippen MR) is 63.2 cm³/mol. The molecule has 1 aliphatic rings. The summed E-state index contributed by atoms with van der Waals surface area (Å²) in [6.07, 6.45) is -2.19. The van der Waals surface area contributed by atoms with Crippen molar-refractivity contribution in [2.75, 3.05) is 19.6 Å². The maximum Gasteiger partial charge on any atom is 0.389 e. The molecule has 1 unspecified atom stereocenters. The molecular formula is C12H21F3N2O. The number of alkyl halides is 3. The number of carbonyl (C=O) groups excluding carboxylic acids is 1. The van der Waals surface area contributed by atoms with Gasteiger partial charge in [-0.15, -0.1) is 0 Å². The number of nitrogens with one attached hydrogen (secondary N) is 1. The molecule has 6 heteroatoms. The second-order valence-corrected chi connectivity index (χ2v) is 4.88. The molecule has 1 amide bonds. The average Bonchev–Trinajstić information content (AvgIpc) is 2.77. The van der Waals surface area contributed by atoms with Crippen molar-refractivity contribution >= 4 is 5.91 Å². The van der Waals surface area contributed by atoms with Crippen LogP contribution in [0.1, 0.15) is 39.0 Å². The average molecular weight is 266 g/mol. The first-order valence-electron chi connectivity index (χ1n) is 6.46. The van der Waals surface area contributed by atoms with Crippen molar-refractivity contribution < 1.29 is 18.0 Å². The summed E-state index contributed by atoms with van der Waals surface area (Å²) in [5.74, 6) is 0.0511. The Hall–Kier alpha value is -0.780. The molecule has 1 saturated heterocycles. The number of halogens is 3. The highest BCUT2D eigenvalue weighted by Crippen LogP contribution is 2.22. The summed E-state index contributed by atoms with van der Waals surface area (Å²) in [6, 6.07) is -0.0566. The van der Waals surface area contributed by atoms with E-state index in [0.29, 0.717) is 6.42 Å². The fraction of sp³-hybridized carbons (Fsp3) is 0.917. The lowest BCUT2D eigenvalue weighted by Crippen LogP contribution is -2.39. The van der Waals surface area contributed by atoms with Crippen molar-refractivity contribution in [2.24, 2.45) is 0 Å². The van der Waals surface area contributed by atoms with Gasteiger partial charge in [0.2, 0.25) is 5.91 Å². The van der Waals surface area contributed by atoms with Crippen LogP contribution >= 0.6 is 0 Å². The molecule has 1 fully saturated rings. The summed E-state index contributed by atoms with van der Waals surface area (Å²) in [6.45, 7) is 3.66. The Morgan fingerprint density at radius 1 is 1.33 bits per heavy atom. The van der Waals surface area contributed by atoms with E-state index in [-0.39, 0.29) is 24.9 Å². The summed E-state index contributed by atoms with van der Waals surface area (Å²) in [4.78, 5) is 13.5. The smallest absolute Gasteiger partial charge is 0.342 e. The highest BCUT2D eigenvalue weighted by molar-refractivity contribution is 5.78. The minimum Gasteiger partial charge on any atom is -0.342 e. The van der Waals surface area contributed by atoms with Gasteiger partial charge in [0, 0.05) is 25.6 Å². The number of nitrogens with zero attached hydrogens (tertiary/aromatic N) is 1. The van der Waals surface area contributed by atoms with Gasteiger partial charge in [-0.1, -0.05) is 0 Å². The Balaban J connectivity index is 2.09. The molecule has 3 nitrogen and oxygen atoms in total. The van der Waals surface area contributed by atoms with Crippen molar-refractivity contribution in [1.29, 1.82) is 0 Å². The number of hydrogen-bond donors (Lipinski definition) is 1. The van der Waals surface area contributed by atoms with E-state index < -0.39 is 12.6 Å². The fourth-order valence-electron chi connectivity index (χ4n) is 2.05. The van der Waals surface area contributed by atoms with Crippen LogP contribution in [0.4, 0.5) is 13.2 Å². The van der Waals surface area contributed by atoms with Gasteiger partial charge in [0.1, 0.15) is 0 Å². The van der Waals surface area contributed by atoms with Crippen LogP contribution in [0, 0.1) is 0 Å². The zero-order valence-electron chi connectivity index (χ0n) is 10.7. The molecule has 0 spiro atoms. The number of amides is 1. The maximum atomic E-state index is 11.9. The van der Waals surface area contributed by atoms with Crippen molar-refractivity contribution in [1.82, 2.24) is 10.2 Å². The van der Waals surface area contributed by atoms with Crippen LogP contribution in [-0.2, 0) is 4.79 Å². The zero-order valence-corrected chi connectivity index (χ0v) is 10.7. The number of carbonyl (C=O) groups is 1. The van der Waals surface area contributed by atoms with Gasteiger partial charge in [-0.3, -0.25) is 4.79 Å². The van der Waals surface area contributed by atoms with Crippen LogP contribution in [0.3, 0.4) is 0 Å². The van der Waals surface area contributed by atoms with Gasteiger partial charge in [-0.25, -0.2) is 0 Å². The molecule has 0 aromatic heterocycles. The molecule has 18 heavy (non-hydrogen) atoms. The van der Waals surface area contributed by atoms with Gasteiger partial charge in [-0.05, 0) is 32.6 Å². The molecule has 0 bridgehead atoms. The molecule has 1 rings (SSSR count). The Morgan fingerprint density at radius 3 is 2.50 bits per heavy atom. The van der Waals surface area contributed by atoms with E-state index in [2.05, 4.69) is 5.32 Å². The normalized spacial score (nSPS) is 18.1. The van der Waals surface area contributed by atoms with Crippen LogP contribution in [0.15, 0.2) is 0 Å². The molecule has 0 aromatic rings. The molecule has 1 heterocycles. The van der Waals surface area contributed by atoms with Crippen molar-refractivity contribution in [3.05, 3.63) is 0 Å². The predicted octanol–water partition coefficient (Wildman–Crippen LogP) is 2.32. The lowest BCUT2D eigenvalue weighted by Gasteiger charge is -2.18. The van der Waals surface area contributed by atoms with E-state index in [1.165, 1.54) is 0 Å². The highest BCUT2D eigenvalue weighted by atomic mass is 19.4. The van der Waals surface area contributed by atoms with Crippen LogP contribution in [-0.4, -0.2) is 42.7 Å². The van der Waals surface area contributed by atoms with Crippen LogP contribution in [0.2, 0.25) is 0 Å². The van der Waals surface area contributed by atoms with Crippen LogP contribution in [0.5, 0.6) is 0 Å². The van der Waals surface area contributed by atoms with Crippen molar-refractivity contribution in [3.63, 3.8) is 0 Å². The van der Waals surface area contributed by atoms with Crippen molar-refractivity contribution in [3.8, 4) is 0 Å².